The Morgan fingerprint density at radius 1 is 1.33 bits per heavy atom. The molecule has 0 bridgehead atoms. The Morgan fingerprint density at radius 3 is 1.33 bits per heavy atom. The molecule has 3 N–H and O–H groups in total. The van der Waals surface area contributed by atoms with Crippen LogP contribution in [0.5, 0.6) is 0 Å². The van der Waals surface area contributed by atoms with E-state index in [4.69, 9.17) is 27.6 Å². The van der Waals surface area contributed by atoms with Gasteiger partial charge < -0.3 is 8.06 Å². The van der Waals surface area contributed by atoms with Crippen molar-refractivity contribution in [2.75, 3.05) is 0 Å². The third-order valence-corrected chi connectivity index (χ3v) is 0. The second-order valence-corrected chi connectivity index (χ2v) is 1.43. The van der Waals surface area contributed by atoms with Crippen LogP contribution in [0.15, 0.2) is 5.34 Å². The molecule has 0 atom stereocenters. The predicted molar refractivity (Wildman–Crippen MR) is 29.7 cm³/mol. The van der Waals surface area contributed by atoms with Gasteiger partial charge in [0.1, 0.15) is 0 Å². The minimum absolute atomic E-state index is 0. The fourth-order valence-electron chi connectivity index (χ4n) is 0. The molecule has 0 unspecified atom stereocenters. The molecular weight excluding hydrogens is 166 g/mol. The Bertz CT molecular complexity index is 135. The molecule has 0 rings (SSSR count). The standard InChI is InChI=1S/Mg.HNO2.H2O4S.2H/c;2-1-3;1-5(2,3)4;;/h;(H,2,3);(H2,1,2,3,4);;/q+2;;;2*-1. The summed E-state index contributed by atoms with van der Waals surface area (Å²) < 4.78 is 31.6. The van der Waals surface area contributed by atoms with Crippen molar-refractivity contribution < 1.29 is 25.6 Å². The van der Waals surface area contributed by atoms with Crippen LogP contribution in [0.3, 0.4) is 0 Å². The smallest absolute Gasteiger partial charge is 1.00 e. The molecule has 0 saturated carbocycles. The molecule has 0 aromatic heterocycles. The predicted octanol–water partition coefficient (Wildman–Crippen LogP) is -0.667. The normalized spacial score (nSPS) is 7.78. The quantitative estimate of drug-likeness (QED) is 0.192. The Hall–Kier alpha value is 0.0362. The zero-order valence-corrected chi connectivity index (χ0v) is 6.36. The van der Waals surface area contributed by atoms with E-state index in [0.29, 0.717) is 0 Å². The molecule has 0 aliphatic heterocycles. The first-order valence-corrected chi connectivity index (χ1v) is 2.48. The second kappa shape index (κ2) is 8.04. The van der Waals surface area contributed by atoms with Gasteiger partial charge in [-0.05, 0) is 0 Å². The number of hydrogen-bond acceptors (Lipinski definition) is 4. The Kier molecular flexibility index (Phi) is 14.3. The first-order valence-electron chi connectivity index (χ1n) is 1.08. The van der Waals surface area contributed by atoms with Gasteiger partial charge in [-0.3, -0.25) is 9.11 Å². The minimum Gasteiger partial charge on any atom is -1.00 e. The van der Waals surface area contributed by atoms with Gasteiger partial charge in [0.25, 0.3) is 0 Å². The number of nitrogens with zero attached hydrogens (tertiary/aromatic N) is 1. The molecule has 9 heavy (non-hydrogen) atoms. The van der Waals surface area contributed by atoms with Crippen molar-refractivity contribution in [2.24, 2.45) is 5.34 Å². The SMILES string of the molecule is O=NO.O=S(=O)(O)O.[H-].[H-].[Mg+2]. The van der Waals surface area contributed by atoms with E-state index in [1.807, 2.05) is 0 Å². The summed E-state index contributed by atoms with van der Waals surface area (Å²) in [7, 11) is -4.67. The third kappa shape index (κ3) is 223000. The van der Waals surface area contributed by atoms with Crippen molar-refractivity contribution in [2.45, 2.75) is 0 Å². The molecule has 0 fully saturated rings. The van der Waals surface area contributed by atoms with E-state index in [0.717, 1.165) is 0 Å². The molecule has 0 spiro atoms. The van der Waals surface area contributed by atoms with Crippen LogP contribution in [0.1, 0.15) is 2.85 Å². The zero-order chi connectivity index (χ0) is 7.21. The van der Waals surface area contributed by atoms with Crippen LogP contribution >= 0.6 is 0 Å². The summed E-state index contributed by atoms with van der Waals surface area (Å²) >= 11 is 0. The first kappa shape index (κ1) is 16.0. The fraction of sp³-hybridized carbons (Fsp3) is 0. The van der Waals surface area contributed by atoms with Gasteiger partial charge in [0.2, 0.25) is 0 Å². The zero-order valence-electron chi connectivity index (χ0n) is 6.13. The van der Waals surface area contributed by atoms with E-state index in [9.17, 15) is 0 Å². The van der Waals surface area contributed by atoms with Crippen LogP contribution in [-0.2, 0) is 10.4 Å². The van der Waals surface area contributed by atoms with Crippen molar-refractivity contribution in [3.05, 3.63) is 4.91 Å². The van der Waals surface area contributed by atoms with Crippen LogP contribution in [0.2, 0.25) is 0 Å². The van der Waals surface area contributed by atoms with Crippen LogP contribution in [0.4, 0.5) is 0 Å². The third-order valence-electron chi connectivity index (χ3n) is 0. The van der Waals surface area contributed by atoms with Gasteiger partial charge in [0, 0.05) is 0 Å². The summed E-state index contributed by atoms with van der Waals surface area (Å²) in [5.41, 5.74) is 0. The van der Waals surface area contributed by atoms with Gasteiger partial charge in [-0.25, -0.2) is 0 Å². The molecular formula is H5MgNO6S. The van der Waals surface area contributed by atoms with Crippen molar-refractivity contribution >= 4 is 33.5 Å². The molecule has 0 heterocycles. The van der Waals surface area contributed by atoms with E-state index in [1.165, 1.54) is 5.34 Å². The van der Waals surface area contributed by atoms with Gasteiger partial charge in [0.05, 0.1) is 0 Å². The summed E-state index contributed by atoms with van der Waals surface area (Å²) in [6, 6.07) is 0. The molecule has 9 heteroatoms. The average molecular weight is 171 g/mol. The number of rotatable bonds is 0. The molecule has 0 radical (unpaired) electrons. The fourth-order valence-corrected chi connectivity index (χ4v) is 0. The molecule has 0 saturated heterocycles. The topological polar surface area (TPSA) is 124 Å². The molecule has 7 nitrogen and oxygen atoms in total. The molecule has 54 valence electrons. The maximum absolute atomic E-state index is 8.74. The van der Waals surface area contributed by atoms with Crippen molar-refractivity contribution in [3.8, 4) is 0 Å². The summed E-state index contributed by atoms with van der Waals surface area (Å²) in [6.45, 7) is 0. The van der Waals surface area contributed by atoms with E-state index in [1.54, 1.807) is 0 Å². The summed E-state index contributed by atoms with van der Waals surface area (Å²) in [4.78, 5) is 8.11. The van der Waals surface area contributed by atoms with Gasteiger partial charge >= 0.3 is 33.5 Å². The van der Waals surface area contributed by atoms with Crippen LogP contribution < -0.4 is 0 Å². The Morgan fingerprint density at radius 2 is 1.33 bits per heavy atom. The maximum atomic E-state index is 8.74. The molecule has 0 aromatic rings. The minimum atomic E-state index is -4.67. The summed E-state index contributed by atoms with van der Waals surface area (Å²) in [5, 5.41) is 7.89. The molecule has 0 amide bonds. The Balaban J connectivity index is -0.0000000183. The summed E-state index contributed by atoms with van der Waals surface area (Å²) in [6.07, 6.45) is 0. The number of hydrogen-bond donors (Lipinski definition) is 3. The van der Waals surface area contributed by atoms with E-state index in [-0.39, 0.29) is 25.9 Å². The van der Waals surface area contributed by atoms with Gasteiger partial charge in [0.15, 0.2) is 5.34 Å². The monoisotopic (exact) mass is 171 g/mol. The molecule has 0 aliphatic rings. The van der Waals surface area contributed by atoms with E-state index < -0.39 is 10.4 Å². The second-order valence-electron chi connectivity index (χ2n) is 0.529. The summed E-state index contributed by atoms with van der Waals surface area (Å²) in [5.74, 6) is 0. The average Bonchev–Trinajstić information content (AvgIpc) is 1.27. The largest absolute Gasteiger partial charge is 2.00 e. The van der Waals surface area contributed by atoms with Gasteiger partial charge in [-0.2, -0.15) is 8.42 Å². The van der Waals surface area contributed by atoms with Gasteiger partial charge in [-0.1, -0.05) is 0 Å². The van der Waals surface area contributed by atoms with E-state index in [2.05, 4.69) is 0 Å². The molecule has 0 aromatic carbocycles. The van der Waals surface area contributed by atoms with Crippen molar-refractivity contribution in [1.29, 1.82) is 0 Å². The van der Waals surface area contributed by atoms with Gasteiger partial charge in [-0.15, -0.1) is 4.91 Å². The van der Waals surface area contributed by atoms with Crippen molar-refractivity contribution in [1.82, 2.24) is 0 Å². The Labute approximate surface area is 69.7 Å². The maximum Gasteiger partial charge on any atom is 2.00 e. The first-order chi connectivity index (χ1) is 3.41. The van der Waals surface area contributed by atoms with Crippen LogP contribution in [0.25, 0.3) is 0 Å². The molecule has 0 aliphatic carbocycles. The van der Waals surface area contributed by atoms with Crippen molar-refractivity contribution in [3.63, 3.8) is 0 Å². The van der Waals surface area contributed by atoms with E-state index >= 15 is 0 Å². The van der Waals surface area contributed by atoms with Crippen LogP contribution in [0, 0.1) is 4.91 Å². The van der Waals surface area contributed by atoms with Crippen LogP contribution in [-0.4, -0.2) is 45.8 Å².